The lowest BCUT2D eigenvalue weighted by molar-refractivity contribution is -0.119. The summed E-state index contributed by atoms with van der Waals surface area (Å²) in [6.07, 6.45) is 6.91. The van der Waals surface area contributed by atoms with E-state index in [2.05, 4.69) is 0 Å². The molecule has 2 aliphatic rings. The van der Waals surface area contributed by atoms with Crippen molar-refractivity contribution in [2.24, 2.45) is 5.92 Å². The van der Waals surface area contributed by atoms with Crippen molar-refractivity contribution in [3.05, 3.63) is 11.6 Å². The number of carbonyl (C=O) groups is 1. The molecule has 3 heteroatoms. The van der Waals surface area contributed by atoms with Crippen molar-refractivity contribution < 1.29 is 9.00 Å². The van der Waals surface area contributed by atoms with Gasteiger partial charge in [-0.15, -0.1) is 0 Å². The van der Waals surface area contributed by atoms with Crippen molar-refractivity contribution >= 4 is 16.6 Å². The van der Waals surface area contributed by atoms with Crippen molar-refractivity contribution in [3.63, 3.8) is 0 Å². The SMILES string of the molecule is CC=C(C)C(=O)C1CC2CCCC(C1)S2=O. The zero-order valence-corrected chi connectivity index (χ0v) is 10.9. The summed E-state index contributed by atoms with van der Waals surface area (Å²) >= 11 is 0. The number of hydrogen-bond acceptors (Lipinski definition) is 2. The predicted octanol–water partition coefficient (Wildman–Crippen LogP) is 2.60. The molecule has 2 fully saturated rings. The van der Waals surface area contributed by atoms with Gasteiger partial charge >= 0.3 is 0 Å². The Bertz CT molecular complexity index is 330. The summed E-state index contributed by atoms with van der Waals surface area (Å²) in [6, 6.07) is 0. The Labute approximate surface area is 100.0 Å². The molecule has 0 aromatic carbocycles. The first-order valence-corrected chi connectivity index (χ1v) is 7.47. The molecule has 90 valence electrons. The summed E-state index contributed by atoms with van der Waals surface area (Å²) < 4.78 is 12.0. The predicted molar refractivity (Wildman–Crippen MR) is 66.7 cm³/mol. The topological polar surface area (TPSA) is 34.1 Å². The highest BCUT2D eigenvalue weighted by atomic mass is 32.2. The van der Waals surface area contributed by atoms with Gasteiger partial charge in [0.05, 0.1) is 0 Å². The fourth-order valence-electron chi connectivity index (χ4n) is 2.91. The van der Waals surface area contributed by atoms with Crippen molar-refractivity contribution in [1.82, 2.24) is 0 Å². The van der Waals surface area contributed by atoms with Gasteiger partial charge < -0.3 is 0 Å². The van der Waals surface area contributed by atoms with Crippen LogP contribution in [0.25, 0.3) is 0 Å². The Morgan fingerprint density at radius 2 is 1.81 bits per heavy atom. The number of carbonyl (C=O) groups excluding carboxylic acids is 1. The van der Waals surface area contributed by atoms with Crippen molar-refractivity contribution in [1.29, 1.82) is 0 Å². The van der Waals surface area contributed by atoms with Crippen molar-refractivity contribution in [2.75, 3.05) is 0 Å². The van der Waals surface area contributed by atoms with Crippen LogP contribution in [0.2, 0.25) is 0 Å². The monoisotopic (exact) mass is 240 g/mol. The van der Waals surface area contributed by atoms with Crippen LogP contribution in [0.15, 0.2) is 11.6 Å². The number of hydrogen-bond donors (Lipinski definition) is 0. The molecule has 0 radical (unpaired) electrons. The summed E-state index contributed by atoms with van der Waals surface area (Å²) in [5.41, 5.74) is 0.871. The van der Waals surface area contributed by atoms with Gasteiger partial charge in [-0.3, -0.25) is 9.00 Å². The molecule has 2 atom stereocenters. The van der Waals surface area contributed by atoms with Crippen LogP contribution in [-0.2, 0) is 15.6 Å². The van der Waals surface area contributed by atoms with Crippen LogP contribution in [0.1, 0.15) is 46.0 Å². The lowest BCUT2D eigenvalue weighted by Gasteiger charge is -2.37. The maximum atomic E-state index is 12.1. The molecule has 0 saturated carbocycles. The van der Waals surface area contributed by atoms with Gasteiger partial charge in [0.15, 0.2) is 5.78 Å². The number of Topliss-reactive ketones (excluding diaryl/α,β-unsaturated/α-hetero) is 1. The summed E-state index contributed by atoms with van der Waals surface area (Å²) in [5.74, 6) is 0.431. The van der Waals surface area contributed by atoms with E-state index in [4.69, 9.17) is 0 Å². The molecule has 2 bridgehead atoms. The lowest BCUT2D eigenvalue weighted by atomic mass is 9.84. The minimum Gasteiger partial charge on any atom is -0.294 e. The van der Waals surface area contributed by atoms with E-state index in [-0.39, 0.29) is 11.7 Å². The van der Waals surface area contributed by atoms with Crippen molar-refractivity contribution in [2.45, 2.75) is 56.5 Å². The van der Waals surface area contributed by atoms with Gasteiger partial charge in [0.2, 0.25) is 0 Å². The molecule has 2 unspecified atom stereocenters. The molecule has 0 N–H and O–H groups in total. The first-order chi connectivity index (χ1) is 7.63. The summed E-state index contributed by atoms with van der Waals surface area (Å²) in [6.45, 7) is 3.80. The Kier molecular flexibility index (Phi) is 3.63. The second-order valence-corrected chi connectivity index (χ2v) is 7.00. The summed E-state index contributed by atoms with van der Waals surface area (Å²) in [4.78, 5) is 12.1. The minimum absolute atomic E-state index is 0.143. The third-order valence-electron chi connectivity index (χ3n) is 4.00. The maximum absolute atomic E-state index is 12.1. The molecule has 16 heavy (non-hydrogen) atoms. The smallest absolute Gasteiger partial charge is 0.161 e. The van der Waals surface area contributed by atoms with Crippen LogP contribution in [0.5, 0.6) is 0 Å². The fourth-order valence-corrected chi connectivity index (χ4v) is 5.10. The van der Waals surface area contributed by atoms with Gasteiger partial charge in [-0.05, 0) is 45.1 Å². The zero-order valence-electron chi connectivity index (χ0n) is 10.1. The van der Waals surface area contributed by atoms with Gasteiger partial charge in [0, 0.05) is 27.2 Å². The second kappa shape index (κ2) is 4.82. The fraction of sp³-hybridized carbons (Fsp3) is 0.769. The molecule has 0 spiro atoms. The molecule has 2 rings (SSSR count). The largest absolute Gasteiger partial charge is 0.294 e. The Morgan fingerprint density at radius 1 is 1.25 bits per heavy atom. The van der Waals surface area contributed by atoms with Gasteiger partial charge in [0.25, 0.3) is 0 Å². The number of ketones is 1. The molecule has 0 aromatic rings. The third kappa shape index (κ3) is 2.15. The number of fused-ring (bicyclic) bond motifs is 2. The van der Waals surface area contributed by atoms with E-state index in [9.17, 15) is 9.00 Å². The van der Waals surface area contributed by atoms with E-state index in [0.29, 0.717) is 10.5 Å². The third-order valence-corrected chi connectivity index (χ3v) is 6.17. The van der Waals surface area contributed by atoms with E-state index in [0.717, 1.165) is 31.3 Å². The van der Waals surface area contributed by atoms with Crippen LogP contribution in [0, 0.1) is 5.92 Å². The van der Waals surface area contributed by atoms with Crippen molar-refractivity contribution in [3.8, 4) is 0 Å². The Hall–Kier alpha value is -0.440. The first kappa shape index (κ1) is 12.0. The van der Waals surface area contributed by atoms with Crippen LogP contribution < -0.4 is 0 Å². The van der Waals surface area contributed by atoms with Crippen LogP contribution in [0.3, 0.4) is 0 Å². The van der Waals surface area contributed by atoms with E-state index in [1.807, 2.05) is 19.9 Å². The highest BCUT2D eigenvalue weighted by Crippen LogP contribution is 2.38. The molecule has 0 aliphatic carbocycles. The number of allylic oxidation sites excluding steroid dienone is 2. The molecule has 2 aliphatic heterocycles. The average Bonchev–Trinajstić information content (AvgIpc) is 2.26. The Morgan fingerprint density at radius 3 is 2.31 bits per heavy atom. The Balaban J connectivity index is 2.10. The molecular weight excluding hydrogens is 220 g/mol. The highest BCUT2D eigenvalue weighted by molar-refractivity contribution is 7.86. The van der Waals surface area contributed by atoms with Crippen LogP contribution in [0.4, 0.5) is 0 Å². The van der Waals surface area contributed by atoms with Crippen LogP contribution >= 0.6 is 0 Å². The molecular formula is C13H20O2S. The minimum atomic E-state index is -0.660. The van der Waals surface area contributed by atoms with Gasteiger partial charge in [-0.2, -0.15) is 0 Å². The van der Waals surface area contributed by atoms with Gasteiger partial charge in [-0.25, -0.2) is 0 Å². The molecule has 2 nitrogen and oxygen atoms in total. The normalized spacial score (nSPS) is 39.5. The highest BCUT2D eigenvalue weighted by Gasteiger charge is 2.40. The molecule has 2 saturated heterocycles. The molecule has 2 heterocycles. The summed E-state index contributed by atoms with van der Waals surface area (Å²) in [7, 11) is -0.660. The van der Waals surface area contributed by atoms with E-state index in [1.54, 1.807) is 0 Å². The zero-order chi connectivity index (χ0) is 11.7. The van der Waals surface area contributed by atoms with E-state index < -0.39 is 10.8 Å². The molecule has 0 amide bonds. The average molecular weight is 240 g/mol. The van der Waals surface area contributed by atoms with Crippen LogP contribution in [-0.4, -0.2) is 20.5 Å². The molecule has 0 aromatic heterocycles. The van der Waals surface area contributed by atoms with E-state index in [1.165, 1.54) is 6.42 Å². The standard InChI is InChI=1S/C13H20O2S/c1-3-9(2)13(14)10-7-11-5-4-6-12(8-10)16(11)15/h3,10-12H,4-8H2,1-2H3. The van der Waals surface area contributed by atoms with E-state index >= 15 is 0 Å². The summed E-state index contributed by atoms with van der Waals surface area (Å²) in [5, 5.41) is 0.595. The van der Waals surface area contributed by atoms with Gasteiger partial charge in [-0.1, -0.05) is 12.5 Å². The maximum Gasteiger partial charge on any atom is 0.161 e. The van der Waals surface area contributed by atoms with Gasteiger partial charge in [0.1, 0.15) is 0 Å². The quantitative estimate of drug-likeness (QED) is 0.695. The lowest BCUT2D eigenvalue weighted by Crippen LogP contribution is -2.41. The second-order valence-electron chi connectivity index (χ2n) is 5.01. The number of rotatable bonds is 2. The first-order valence-electron chi connectivity index (χ1n) is 6.20.